The predicted molar refractivity (Wildman–Crippen MR) is 82.3 cm³/mol. The second-order valence-electron chi connectivity index (χ2n) is 5.13. The van der Waals surface area contributed by atoms with Gasteiger partial charge in [-0.15, -0.1) is 0 Å². The molecule has 5 heteroatoms. The van der Waals surface area contributed by atoms with E-state index in [2.05, 4.69) is 5.32 Å². The number of halogens is 1. The van der Waals surface area contributed by atoms with E-state index in [4.69, 9.17) is 4.74 Å². The van der Waals surface area contributed by atoms with Crippen molar-refractivity contribution in [1.82, 2.24) is 5.32 Å². The highest BCUT2D eigenvalue weighted by Gasteiger charge is 2.17. The molecule has 0 aromatic heterocycles. The molecular weight excluding hydrogens is 285 g/mol. The number of benzene rings is 2. The van der Waals surface area contributed by atoms with E-state index in [9.17, 15) is 14.6 Å². The lowest BCUT2D eigenvalue weighted by atomic mass is 10.0. The zero-order valence-corrected chi connectivity index (χ0v) is 12.6. The molecule has 2 atom stereocenters. The summed E-state index contributed by atoms with van der Waals surface area (Å²) in [6.45, 7) is 2.20. The van der Waals surface area contributed by atoms with Gasteiger partial charge in [-0.2, -0.15) is 0 Å². The van der Waals surface area contributed by atoms with E-state index in [1.165, 1.54) is 19.2 Å². The molecule has 0 aliphatic heterocycles. The number of hydrogen-bond donors (Lipinski definition) is 3. The van der Waals surface area contributed by atoms with Crippen LogP contribution in [0.15, 0.2) is 42.5 Å². The molecule has 0 spiro atoms. The topological polar surface area (TPSA) is 61.7 Å². The third-order valence-electron chi connectivity index (χ3n) is 3.60. The maximum absolute atomic E-state index is 12.9. The van der Waals surface area contributed by atoms with Gasteiger partial charge in [-0.25, -0.2) is 4.39 Å². The van der Waals surface area contributed by atoms with Gasteiger partial charge < -0.3 is 20.3 Å². The molecule has 2 rings (SSSR count). The van der Waals surface area contributed by atoms with E-state index in [1.807, 2.05) is 6.92 Å². The Bertz CT molecular complexity index is 616. The quantitative estimate of drug-likeness (QED) is 0.768. The number of phenolic OH excluding ortho intramolecular Hbond substituents is 1. The van der Waals surface area contributed by atoms with Crippen molar-refractivity contribution in [2.45, 2.75) is 25.6 Å². The highest BCUT2D eigenvalue weighted by molar-refractivity contribution is 5.45. The molecule has 118 valence electrons. The summed E-state index contributed by atoms with van der Waals surface area (Å²) in [4.78, 5) is 0. The second kappa shape index (κ2) is 7.24. The monoisotopic (exact) mass is 305 g/mol. The number of nitrogens with one attached hydrogen (secondary N) is 1. The van der Waals surface area contributed by atoms with E-state index < -0.39 is 6.10 Å². The van der Waals surface area contributed by atoms with Crippen molar-refractivity contribution in [1.29, 1.82) is 0 Å². The van der Waals surface area contributed by atoms with Crippen LogP contribution in [0.1, 0.15) is 24.2 Å². The molecule has 0 saturated heterocycles. The van der Waals surface area contributed by atoms with Gasteiger partial charge in [0.05, 0.1) is 13.2 Å². The van der Waals surface area contributed by atoms with Crippen LogP contribution < -0.4 is 10.1 Å². The smallest absolute Gasteiger partial charge is 0.162 e. The van der Waals surface area contributed by atoms with E-state index in [0.717, 1.165) is 0 Å². The average molecular weight is 305 g/mol. The molecule has 2 aromatic carbocycles. The minimum atomic E-state index is -0.770. The summed E-state index contributed by atoms with van der Waals surface area (Å²) in [5.74, 6) is 0.157. The van der Waals surface area contributed by atoms with Gasteiger partial charge in [-0.3, -0.25) is 0 Å². The van der Waals surface area contributed by atoms with Crippen LogP contribution in [-0.2, 0) is 6.54 Å². The summed E-state index contributed by atoms with van der Waals surface area (Å²) >= 11 is 0. The van der Waals surface area contributed by atoms with Gasteiger partial charge in [0.2, 0.25) is 0 Å². The standard InChI is InChI=1S/C17H20FNO3/c1-11(16(20)12-6-8-14(18)9-7-12)19-10-13-4-3-5-15(22-2)17(13)21/h3-9,11,16,19-21H,10H2,1-2H3. The molecule has 0 fully saturated rings. The maximum atomic E-state index is 12.9. The normalized spacial score (nSPS) is 13.6. The Morgan fingerprint density at radius 1 is 1.18 bits per heavy atom. The minimum Gasteiger partial charge on any atom is -0.504 e. The number of hydrogen-bond acceptors (Lipinski definition) is 4. The number of aromatic hydroxyl groups is 1. The third kappa shape index (κ3) is 3.75. The number of methoxy groups -OCH3 is 1. The van der Waals surface area contributed by atoms with Crippen molar-refractivity contribution >= 4 is 0 Å². The fraction of sp³-hybridized carbons (Fsp3) is 0.294. The largest absolute Gasteiger partial charge is 0.504 e. The lowest BCUT2D eigenvalue weighted by Crippen LogP contribution is -2.31. The molecule has 0 heterocycles. The van der Waals surface area contributed by atoms with Gasteiger partial charge in [-0.05, 0) is 30.7 Å². The molecule has 0 aliphatic rings. The molecule has 2 unspecified atom stereocenters. The molecule has 0 bridgehead atoms. The molecule has 0 saturated carbocycles. The van der Waals surface area contributed by atoms with Crippen LogP contribution in [0.3, 0.4) is 0 Å². The highest BCUT2D eigenvalue weighted by atomic mass is 19.1. The summed E-state index contributed by atoms with van der Waals surface area (Å²) in [7, 11) is 1.49. The van der Waals surface area contributed by atoms with Crippen LogP contribution in [0.2, 0.25) is 0 Å². The number of phenols is 1. The van der Waals surface area contributed by atoms with E-state index in [1.54, 1.807) is 30.3 Å². The number of aliphatic hydroxyl groups excluding tert-OH is 1. The van der Waals surface area contributed by atoms with E-state index >= 15 is 0 Å². The van der Waals surface area contributed by atoms with Crippen LogP contribution in [0, 0.1) is 5.82 Å². The van der Waals surface area contributed by atoms with Crippen LogP contribution in [-0.4, -0.2) is 23.4 Å². The van der Waals surface area contributed by atoms with Crippen LogP contribution in [0.4, 0.5) is 4.39 Å². The summed E-state index contributed by atoms with van der Waals surface area (Å²) in [6, 6.07) is 10.7. The zero-order chi connectivity index (χ0) is 16.1. The first-order chi connectivity index (χ1) is 10.5. The molecule has 22 heavy (non-hydrogen) atoms. The Morgan fingerprint density at radius 3 is 2.50 bits per heavy atom. The first-order valence-electron chi connectivity index (χ1n) is 7.04. The molecule has 0 amide bonds. The molecule has 4 nitrogen and oxygen atoms in total. The highest BCUT2D eigenvalue weighted by Crippen LogP contribution is 2.29. The Kier molecular flexibility index (Phi) is 5.35. The lowest BCUT2D eigenvalue weighted by molar-refractivity contribution is 0.135. The number of aliphatic hydroxyl groups is 1. The van der Waals surface area contributed by atoms with Crippen molar-refractivity contribution in [3.63, 3.8) is 0 Å². The van der Waals surface area contributed by atoms with Crippen LogP contribution >= 0.6 is 0 Å². The zero-order valence-electron chi connectivity index (χ0n) is 12.6. The van der Waals surface area contributed by atoms with Gasteiger partial charge in [0.1, 0.15) is 5.82 Å². The van der Waals surface area contributed by atoms with Crippen molar-refractivity contribution in [3.8, 4) is 11.5 Å². The number of para-hydroxylation sites is 1. The fourth-order valence-corrected chi connectivity index (χ4v) is 2.21. The van der Waals surface area contributed by atoms with Gasteiger partial charge in [0, 0.05) is 18.2 Å². The predicted octanol–water partition coefficient (Wildman–Crippen LogP) is 2.75. The summed E-state index contributed by atoms with van der Waals surface area (Å²) in [5, 5.41) is 23.4. The Hall–Kier alpha value is -2.11. The fourth-order valence-electron chi connectivity index (χ4n) is 2.21. The van der Waals surface area contributed by atoms with Gasteiger partial charge in [-0.1, -0.05) is 24.3 Å². The van der Waals surface area contributed by atoms with Crippen molar-refractivity contribution < 1.29 is 19.3 Å². The van der Waals surface area contributed by atoms with Crippen LogP contribution in [0.5, 0.6) is 11.5 Å². The van der Waals surface area contributed by atoms with Crippen molar-refractivity contribution in [2.24, 2.45) is 0 Å². The lowest BCUT2D eigenvalue weighted by Gasteiger charge is -2.21. The average Bonchev–Trinajstić information content (AvgIpc) is 2.53. The SMILES string of the molecule is COc1cccc(CNC(C)C(O)c2ccc(F)cc2)c1O. The first-order valence-corrected chi connectivity index (χ1v) is 7.04. The van der Waals surface area contributed by atoms with E-state index in [0.29, 0.717) is 23.4 Å². The Labute approximate surface area is 129 Å². The summed E-state index contributed by atoms with van der Waals surface area (Å²) < 4.78 is 18.0. The van der Waals surface area contributed by atoms with Crippen molar-refractivity contribution in [2.75, 3.05) is 7.11 Å². The third-order valence-corrected chi connectivity index (χ3v) is 3.60. The van der Waals surface area contributed by atoms with E-state index in [-0.39, 0.29) is 17.6 Å². The van der Waals surface area contributed by atoms with Crippen LogP contribution in [0.25, 0.3) is 0 Å². The first kappa shape index (κ1) is 16.3. The van der Waals surface area contributed by atoms with Gasteiger partial charge in [0.25, 0.3) is 0 Å². The summed E-state index contributed by atoms with van der Waals surface area (Å²) in [5.41, 5.74) is 1.31. The number of ether oxygens (including phenoxy) is 1. The molecule has 3 N–H and O–H groups in total. The Balaban J connectivity index is 2.00. The molecule has 0 radical (unpaired) electrons. The van der Waals surface area contributed by atoms with Gasteiger partial charge in [0.15, 0.2) is 11.5 Å². The van der Waals surface area contributed by atoms with Gasteiger partial charge >= 0.3 is 0 Å². The molecule has 2 aromatic rings. The maximum Gasteiger partial charge on any atom is 0.162 e. The second-order valence-corrected chi connectivity index (χ2v) is 5.13. The molecular formula is C17H20FNO3. The molecule has 0 aliphatic carbocycles. The minimum absolute atomic E-state index is 0.0842. The van der Waals surface area contributed by atoms with Crippen molar-refractivity contribution in [3.05, 3.63) is 59.4 Å². The Morgan fingerprint density at radius 2 is 1.86 bits per heavy atom. The number of rotatable bonds is 6. The summed E-state index contributed by atoms with van der Waals surface area (Å²) in [6.07, 6.45) is -0.770.